The lowest BCUT2D eigenvalue weighted by molar-refractivity contribution is -0.122. The SMILES string of the molecule is CC1(C)Cc2cccc(OCC#CCNC(=O)COc3ccccc3F)c2O1. The third-order valence-electron chi connectivity index (χ3n) is 4.05. The second kappa shape index (κ2) is 8.66. The highest BCUT2D eigenvalue weighted by atomic mass is 19.1. The number of nitrogens with one attached hydrogen (secondary N) is 1. The molecular formula is C22H22FNO4. The standard InChI is InChI=1S/C22H22FNO4/c1-22(2)14-16-8-7-11-19(21(16)28-22)26-13-6-5-12-24-20(25)15-27-18-10-4-3-9-17(18)23/h3-4,7-11H,12-15H2,1-2H3,(H,24,25). The van der Waals surface area contributed by atoms with E-state index in [1.54, 1.807) is 12.1 Å². The van der Waals surface area contributed by atoms with Gasteiger partial charge < -0.3 is 19.5 Å². The number of rotatable bonds is 6. The zero-order valence-corrected chi connectivity index (χ0v) is 15.9. The van der Waals surface area contributed by atoms with E-state index in [2.05, 4.69) is 17.2 Å². The monoisotopic (exact) mass is 383 g/mol. The summed E-state index contributed by atoms with van der Waals surface area (Å²) in [6.45, 7) is 4.13. The van der Waals surface area contributed by atoms with Gasteiger partial charge in [-0.15, -0.1) is 0 Å². The highest BCUT2D eigenvalue weighted by Gasteiger charge is 2.32. The van der Waals surface area contributed by atoms with E-state index >= 15 is 0 Å². The molecule has 1 amide bonds. The van der Waals surface area contributed by atoms with Crippen LogP contribution in [0.25, 0.3) is 0 Å². The van der Waals surface area contributed by atoms with Gasteiger partial charge >= 0.3 is 0 Å². The molecule has 0 saturated carbocycles. The van der Waals surface area contributed by atoms with Gasteiger partial charge in [-0.2, -0.15) is 0 Å². The molecule has 1 aliphatic heterocycles. The van der Waals surface area contributed by atoms with E-state index in [4.69, 9.17) is 14.2 Å². The van der Waals surface area contributed by atoms with Crippen LogP contribution < -0.4 is 19.5 Å². The summed E-state index contributed by atoms with van der Waals surface area (Å²) in [5, 5.41) is 2.58. The van der Waals surface area contributed by atoms with Crippen LogP contribution in [0.5, 0.6) is 17.2 Å². The quantitative estimate of drug-likeness (QED) is 0.779. The molecule has 0 atom stereocenters. The van der Waals surface area contributed by atoms with Crippen LogP contribution in [0.2, 0.25) is 0 Å². The summed E-state index contributed by atoms with van der Waals surface area (Å²) in [5.74, 6) is 6.23. The van der Waals surface area contributed by atoms with Gasteiger partial charge in [-0.25, -0.2) is 4.39 Å². The normalized spacial score (nSPS) is 13.5. The van der Waals surface area contributed by atoms with Crippen molar-refractivity contribution < 1.29 is 23.4 Å². The van der Waals surface area contributed by atoms with E-state index in [-0.39, 0.29) is 37.0 Å². The van der Waals surface area contributed by atoms with Gasteiger partial charge in [-0.05, 0) is 32.0 Å². The summed E-state index contributed by atoms with van der Waals surface area (Å²) in [5.41, 5.74) is 0.889. The summed E-state index contributed by atoms with van der Waals surface area (Å²) >= 11 is 0. The zero-order chi connectivity index (χ0) is 20.0. The second-order valence-corrected chi connectivity index (χ2v) is 6.92. The molecule has 2 aromatic rings. The van der Waals surface area contributed by atoms with E-state index in [1.165, 1.54) is 12.1 Å². The van der Waals surface area contributed by atoms with Gasteiger partial charge in [0.1, 0.15) is 12.2 Å². The van der Waals surface area contributed by atoms with Gasteiger partial charge in [0.05, 0.1) is 6.54 Å². The lowest BCUT2D eigenvalue weighted by Crippen LogP contribution is -2.29. The number of hydrogen-bond acceptors (Lipinski definition) is 4. The number of hydrogen-bond donors (Lipinski definition) is 1. The largest absolute Gasteiger partial charge is 0.483 e. The smallest absolute Gasteiger partial charge is 0.258 e. The highest BCUT2D eigenvalue weighted by Crippen LogP contribution is 2.41. The van der Waals surface area contributed by atoms with E-state index < -0.39 is 5.82 Å². The Bertz CT molecular complexity index is 914. The highest BCUT2D eigenvalue weighted by molar-refractivity contribution is 5.77. The number of halogens is 1. The fourth-order valence-corrected chi connectivity index (χ4v) is 2.83. The molecule has 3 rings (SSSR count). The van der Waals surface area contributed by atoms with Crippen molar-refractivity contribution in [2.45, 2.75) is 25.9 Å². The number of carbonyl (C=O) groups excluding carboxylic acids is 1. The Hall–Kier alpha value is -3.20. The predicted octanol–water partition coefficient (Wildman–Crippen LogP) is 3.12. The van der Waals surface area contributed by atoms with Crippen molar-refractivity contribution in [1.29, 1.82) is 0 Å². The Morgan fingerprint density at radius 1 is 1.14 bits per heavy atom. The Labute approximate surface area is 163 Å². The number of amides is 1. The van der Waals surface area contributed by atoms with Crippen LogP contribution in [0.1, 0.15) is 19.4 Å². The molecule has 146 valence electrons. The molecule has 5 nitrogen and oxygen atoms in total. The fourth-order valence-electron chi connectivity index (χ4n) is 2.83. The van der Waals surface area contributed by atoms with Gasteiger partial charge in [-0.1, -0.05) is 36.1 Å². The van der Waals surface area contributed by atoms with Crippen molar-refractivity contribution in [3.05, 3.63) is 53.8 Å². The third kappa shape index (κ3) is 5.17. The maximum Gasteiger partial charge on any atom is 0.258 e. The van der Waals surface area contributed by atoms with E-state index in [0.29, 0.717) is 5.75 Å². The van der Waals surface area contributed by atoms with E-state index in [9.17, 15) is 9.18 Å². The Balaban J connectivity index is 1.39. The van der Waals surface area contributed by atoms with Gasteiger partial charge in [0, 0.05) is 12.0 Å². The molecule has 0 aliphatic carbocycles. The maximum absolute atomic E-state index is 13.4. The Morgan fingerprint density at radius 2 is 1.93 bits per heavy atom. The zero-order valence-electron chi connectivity index (χ0n) is 15.9. The van der Waals surface area contributed by atoms with E-state index in [1.807, 2.05) is 32.0 Å². The molecule has 0 saturated heterocycles. The maximum atomic E-state index is 13.4. The van der Waals surface area contributed by atoms with Crippen molar-refractivity contribution in [3.63, 3.8) is 0 Å². The van der Waals surface area contributed by atoms with Crippen molar-refractivity contribution in [2.24, 2.45) is 0 Å². The summed E-state index contributed by atoms with van der Waals surface area (Å²) in [4.78, 5) is 11.7. The van der Waals surface area contributed by atoms with Crippen LogP contribution in [0, 0.1) is 17.7 Å². The van der Waals surface area contributed by atoms with Crippen molar-refractivity contribution in [1.82, 2.24) is 5.32 Å². The Morgan fingerprint density at radius 3 is 2.75 bits per heavy atom. The van der Waals surface area contributed by atoms with Crippen LogP contribution in [0.15, 0.2) is 42.5 Å². The van der Waals surface area contributed by atoms with Gasteiger partial charge in [-0.3, -0.25) is 4.79 Å². The molecule has 0 bridgehead atoms. The van der Waals surface area contributed by atoms with Crippen molar-refractivity contribution in [2.75, 3.05) is 19.8 Å². The van der Waals surface area contributed by atoms with Gasteiger partial charge in [0.25, 0.3) is 5.91 Å². The van der Waals surface area contributed by atoms with Gasteiger partial charge in [0.15, 0.2) is 29.7 Å². The molecule has 0 aromatic heterocycles. The Kier molecular flexibility index (Phi) is 6.05. The van der Waals surface area contributed by atoms with Crippen LogP contribution >= 0.6 is 0 Å². The first-order valence-corrected chi connectivity index (χ1v) is 8.98. The average molecular weight is 383 g/mol. The lowest BCUT2D eigenvalue weighted by atomic mass is 10.0. The lowest BCUT2D eigenvalue weighted by Gasteiger charge is -2.17. The molecule has 1 heterocycles. The first-order valence-electron chi connectivity index (χ1n) is 8.98. The van der Waals surface area contributed by atoms with Gasteiger partial charge in [0.2, 0.25) is 0 Å². The molecule has 6 heteroatoms. The molecule has 2 aromatic carbocycles. The molecule has 0 spiro atoms. The topological polar surface area (TPSA) is 56.8 Å². The second-order valence-electron chi connectivity index (χ2n) is 6.92. The van der Waals surface area contributed by atoms with Crippen LogP contribution in [0.4, 0.5) is 4.39 Å². The molecule has 0 radical (unpaired) electrons. The number of benzene rings is 2. The fraction of sp³-hybridized carbons (Fsp3) is 0.318. The summed E-state index contributed by atoms with van der Waals surface area (Å²) in [6, 6.07) is 11.7. The van der Waals surface area contributed by atoms with Crippen molar-refractivity contribution in [3.8, 4) is 29.1 Å². The number of carbonyl (C=O) groups is 1. The first kappa shape index (κ1) is 19.6. The third-order valence-corrected chi connectivity index (χ3v) is 4.05. The molecule has 28 heavy (non-hydrogen) atoms. The molecule has 1 N–H and O–H groups in total. The number of para-hydroxylation sites is 2. The number of fused-ring (bicyclic) bond motifs is 1. The predicted molar refractivity (Wildman–Crippen MR) is 103 cm³/mol. The molecular weight excluding hydrogens is 361 g/mol. The average Bonchev–Trinajstić information content (AvgIpc) is 2.98. The minimum atomic E-state index is -0.507. The summed E-state index contributed by atoms with van der Waals surface area (Å²) < 4.78 is 30.1. The molecule has 0 fully saturated rings. The van der Waals surface area contributed by atoms with Crippen LogP contribution in [-0.4, -0.2) is 31.3 Å². The van der Waals surface area contributed by atoms with Crippen molar-refractivity contribution >= 4 is 5.91 Å². The van der Waals surface area contributed by atoms with Crippen LogP contribution in [-0.2, 0) is 11.2 Å². The minimum Gasteiger partial charge on any atom is -0.483 e. The summed E-state index contributed by atoms with van der Waals surface area (Å²) in [7, 11) is 0. The molecule has 1 aliphatic rings. The van der Waals surface area contributed by atoms with E-state index in [0.717, 1.165) is 17.7 Å². The first-order chi connectivity index (χ1) is 13.4. The minimum absolute atomic E-state index is 0.0397. The molecule has 0 unspecified atom stereocenters. The van der Waals surface area contributed by atoms with Crippen LogP contribution in [0.3, 0.4) is 0 Å². The summed E-state index contributed by atoms with van der Waals surface area (Å²) in [6.07, 6.45) is 0.839. The number of ether oxygens (including phenoxy) is 3.